The van der Waals surface area contributed by atoms with Crippen LogP contribution in [0, 0.1) is 6.92 Å². The first-order chi connectivity index (χ1) is 10.2. The normalized spacial score (nSPS) is 14.7. The van der Waals surface area contributed by atoms with Gasteiger partial charge in [0.1, 0.15) is 5.75 Å². The van der Waals surface area contributed by atoms with Crippen LogP contribution in [0.1, 0.15) is 18.1 Å². The minimum Gasteiger partial charge on any atom is -0.481 e. The lowest BCUT2D eigenvalue weighted by Crippen LogP contribution is -2.39. The molecule has 0 spiro atoms. The van der Waals surface area contributed by atoms with Gasteiger partial charge in [-0.3, -0.25) is 4.79 Å². The molecule has 0 unspecified atom stereocenters. The summed E-state index contributed by atoms with van der Waals surface area (Å²) in [5.41, 5.74) is 3.29. The number of ether oxygens (including phenoxy) is 1. The van der Waals surface area contributed by atoms with Crippen molar-refractivity contribution in [3.05, 3.63) is 59.7 Å². The molecular weight excluding hydrogens is 262 g/mol. The molecule has 3 nitrogen and oxygen atoms in total. The second-order valence-corrected chi connectivity index (χ2v) is 5.39. The summed E-state index contributed by atoms with van der Waals surface area (Å²) in [7, 11) is 0. The van der Waals surface area contributed by atoms with Crippen molar-refractivity contribution >= 4 is 11.6 Å². The smallest absolute Gasteiger partial charge is 0.267 e. The maximum atomic E-state index is 12.6. The molecule has 1 aliphatic rings. The van der Waals surface area contributed by atoms with Gasteiger partial charge < -0.3 is 9.64 Å². The van der Waals surface area contributed by atoms with Crippen LogP contribution in [0.5, 0.6) is 5.75 Å². The van der Waals surface area contributed by atoms with Crippen molar-refractivity contribution in [1.29, 1.82) is 0 Å². The molecule has 3 heteroatoms. The third-order valence-corrected chi connectivity index (χ3v) is 3.90. The molecule has 2 aromatic carbocycles. The number of rotatable bonds is 3. The van der Waals surface area contributed by atoms with Gasteiger partial charge in [-0.2, -0.15) is 0 Å². The zero-order valence-electron chi connectivity index (χ0n) is 12.4. The summed E-state index contributed by atoms with van der Waals surface area (Å²) >= 11 is 0. The SMILES string of the molecule is Cc1ccccc1O[C@@H](C)C(=O)N1CCc2ccccc21. The van der Waals surface area contributed by atoms with Gasteiger partial charge in [0.25, 0.3) is 5.91 Å². The highest BCUT2D eigenvalue weighted by molar-refractivity contribution is 5.98. The largest absolute Gasteiger partial charge is 0.481 e. The number of fused-ring (bicyclic) bond motifs is 1. The number of carbonyl (C=O) groups is 1. The fourth-order valence-corrected chi connectivity index (χ4v) is 2.72. The maximum absolute atomic E-state index is 12.6. The number of hydrogen-bond acceptors (Lipinski definition) is 2. The minimum absolute atomic E-state index is 0.0169. The van der Waals surface area contributed by atoms with Crippen LogP contribution >= 0.6 is 0 Å². The average Bonchev–Trinajstić information content (AvgIpc) is 2.92. The molecule has 21 heavy (non-hydrogen) atoms. The summed E-state index contributed by atoms with van der Waals surface area (Å²) in [5, 5.41) is 0. The fourth-order valence-electron chi connectivity index (χ4n) is 2.72. The van der Waals surface area contributed by atoms with E-state index >= 15 is 0 Å². The number of aryl methyl sites for hydroxylation is 1. The summed E-state index contributed by atoms with van der Waals surface area (Å²) in [4.78, 5) is 14.5. The molecule has 0 bridgehead atoms. The Hall–Kier alpha value is -2.29. The molecule has 0 saturated carbocycles. The van der Waals surface area contributed by atoms with E-state index in [-0.39, 0.29) is 5.91 Å². The first-order valence-corrected chi connectivity index (χ1v) is 7.28. The van der Waals surface area contributed by atoms with E-state index in [1.807, 2.05) is 61.2 Å². The van der Waals surface area contributed by atoms with Gasteiger partial charge in [-0.25, -0.2) is 0 Å². The van der Waals surface area contributed by atoms with Gasteiger partial charge >= 0.3 is 0 Å². The Balaban J connectivity index is 1.76. The van der Waals surface area contributed by atoms with Crippen LogP contribution < -0.4 is 9.64 Å². The van der Waals surface area contributed by atoms with Crippen LogP contribution in [-0.4, -0.2) is 18.6 Å². The summed E-state index contributed by atoms with van der Waals surface area (Å²) < 4.78 is 5.84. The number of hydrogen-bond donors (Lipinski definition) is 0. The highest BCUT2D eigenvalue weighted by Crippen LogP contribution is 2.28. The van der Waals surface area contributed by atoms with Crippen LogP contribution in [0.3, 0.4) is 0 Å². The quantitative estimate of drug-likeness (QED) is 0.863. The zero-order valence-corrected chi connectivity index (χ0v) is 12.4. The van der Waals surface area contributed by atoms with Gasteiger partial charge in [0.05, 0.1) is 0 Å². The fraction of sp³-hybridized carbons (Fsp3) is 0.278. The standard InChI is InChI=1S/C18H19NO2/c1-13-7-3-6-10-17(13)21-14(2)18(20)19-12-11-15-8-4-5-9-16(15)19/h3-10,14H,11-12H2,1-2H3/t14-/m0/s1. The van der Waals surface area contributed by atoms with Gasteiger partial charge in [-0.15, -0.1) is 0 Å². The third kappa shape index (κ3) is 2.64. The highest BCUT2D eigenvalue weighted by Gasteiger charge is 2.28. The Morgan fingerprint density at radius 2 is 1.86 bits per heavy atom. The van der Waals surface area contributed by atoms with Crippen molar-refractivity contribution in [2.45, 2.75) is 26.4 Å². The summed E-state index contributed by atoms with van der Waals surface area (Å²) in [6.45, 7) is 4.53. The average molecular weight is 281 g/mol. The van der Waals surface area contributed by atoms with E-state index in [4.69, 9.17) is 4.74 Å². The number of nitrogens with zero attached hydrogens (tertiary/aromatic N) is 1. The molecular formula is C18H19NO2. The van der Waals surface area contributed by atoms with E-state index < -0.39 is 6.10 Å². The van der Waals surface area contributed by atoms with E-state index in [0.717, 1.165) is 30.0 Å². The van der Waals surface area contributed by atoms with Gasteiger partial charge in [0, 0.05) is 12.2 Å². The molecule has 1 amide bonds. The Kier molecular flexibility index (Phi) is 3.65. The van der Waals surface area contributed by atoms with Crippen molar-refractivity contribution in [2.75, 3.05) is 11.4 Å². The van der Waals surface area contributed by atoms with Crippen LogP contribution in [0.4, 0.5) is 5.69 Å². The van der Waals surface area contributed by atoms with Gasteiger partial charge in [-0.1, -0.05) is 36.4 Å². The minimum atomic E-state index is -0.489. The molecule has 108 valence electrons. The van der Waals surface area contributed by atoms with Crippen molar-refractivity contribution in [2.24, 2.45) is 0 Å². The van der Waals surface area contributed by atoms with Gasteiger partial charge in [0.2, 0.25) is 0 Å². The van der Waals surface area contributed by atoms with Crippen LogP contribution in [0.15, 0.2) is 48.5 Å². The van der Waals surface area contributed by atoms with E-state index in [2.05, 4.69) is 6.07 Å². The van der Waals surface area contributed by atoms with Gasteiger partial charge in [-0.05, 0) is 43.5 Å². The Labute approximate surface area is 125 Å². The second kappa shape index (κ2) is 5.60. The van der Waals surface area contributed by atoms with Crippen molar-refractivity contribution in [3.63, 3.8) is 0 Å². The Bertz CT molecular complexity index is 666. The Morgan fingerprint density at radius 1 is 1.14 bits per heavy atom. The zero-order chi connectivity index (χ0) is 14.8. The lowest BCUT2D eigenvalue weighted by molar-refractivity contribution is -0.124. The number of para-hydroxylation sites is 2. The lowest BCUT2D eigenvalue weighted by Gasteiger charge is -2.23. The topological polar surface area (TPSA) is 29.5 Å². The van der Waals surface area contributed by atoms with Crippen molar-refractivity contribution in [3.8, 4) is 5.75 Å². The predicted octanol–water partition coefficient (Wildman–Crippen LogP) is 3.35. The van der Waals surface area contributed by atoms with E-state index in [9.17, 15) is 4.79 Å². The molecule has 0 radical (unpaired) electrons. The Morgan fingerprint density at radius 3 is 2.67 bits per heavy atom. The third-order valence-electron chi connectivity index (χ3n) is 3.90. The van der Waals surface area contributed by atoms with E-state index in [1.165, 1.54) is 5.56 Å². The summed E-state index contributed by atoms with van der Waals surface area (Å²) in [6.07, 6.45) is 0.427. The van der Waals surface area contributed by atoms with Crippen LogP contribution in [0.2, 0.25) is 0 Å². The first kappa shape index (κ1) is 13.7. The van der Waals surface area contributed by atoms with Crippen molar-refractivity contribution in [1.82, 2.24) is 0 Å². The highest BCUT2D eigenvalue weighted by atomic mass is 16.5. The van der Waals surface area contributed by atoms with E-state index in [1.54, 1.807) is 0 Å². The second-order valence-electron chi connectivity index (χ2n) is 5.39. The summed E-state index contributed by atoms with van der Waals surface area (Å²) in [6, 6.07) is 15.8. The predicted molar refractivity (Wildman–Crippen MR) is 83.8 cm³/mol. The van der Waals surface area contributed by atoms with E-state index in [0.29, 0.717) is 0 Å². The number of anilines is 1. The molecule has 2 aromatic rings. The molecule has 1 atom stereocenters. The van der Waals surface area contributed by atoms with Crippen LogP contribution in [-0.2, 0) is 11.2 Å². The molecule has 1 aliphatic heterocycles. The molecule has 0 aliphatic carbocycles. The monoisotopic (exact) mass is 281 g/mol. The molecule has 0 aromatic heterocycles. The maximum Gasteiger partial charge on any atom is 0.267 e. The number of carbonyl (C=O) groups excluding carboxylic acids is 1. The first-order valence-electron chi connectivity index (χ1n) is 7.28. The molecule has 0 saturated heterocycles. The summed E-state index contributed by atoms with van der Waals surface area (Å²) in [5.74, 6) is 0.786. The number of amides is 1. The molecule has 0 fully saturated rings. The molecule has 1 heterocycles. The number of benzene rings is 2. The molecule has 0 N–H and O–H groups in total. The van der Waals surface area contributed by atoms with Crippen molar-refractivity contribution < 1.29 is 9.53 Å². The van der Waals surface area contributed by atoms with Crippen LogP contribution in [0.25, 0.3) is 0 Å². The molecule has 3 rings (SSSR count). The van der Waals surface area contributed by atoms with Gasteiger partial charge in [0.15, 0.2) is 6.10 Å². The lowest BCUT2D eigenvalue weighted by atomic mass is 10.2.